The summed E-state index contributed by atoms with van der Waals surface area (Å²) in [5.74, 6) is 0.356. The maximum atomic E-state index is 12.5. The van der Waals surface area contributed by atoms with E-state index < -0.39 is 0 Å². The Morgan fingerprint density at radius 1 is 1.00 bits per heavy atom. The molecule has 0 atom stereocenters. The molecule has 0 aromatic heterocycles. The van der Waals surface area contributed by atoms with Crippen molar-refractivity contribution in [3.8, 4) is 0 Å². The van der Waals surface area contributed by atoms with Crippen molar-refractivity contribution in [1.29, 1.82) is 0 Å². The first-order valence-corrected chi connectivity index (χ1v) is 9.28. The number of hydrogen-bond donors (Lipinski definition) is 0. The summed E-state index contributed by atoms with van der Waals surface area (Å²) in [6.45, 7) is 4.15. The van der Waals surface area contributed by atoms with Crippen LogP contribution < -0.4 is 4.46 Å². The molecule has 0 unspecified atom stereocenters. The zero-order valence-corrected chi connectivity index (χ0v) is 14.9. The standard InChI is InChI=1S/C20H22OSe/c1-20(2,22-18-14-7-4-8-15-18)19(21)16-10-9-13-17-11-5-3-6-12-17/h3-9,11-15H,10,16H2,1-2H3/b13-9+. The summed E-state index contributed by atoms with van der Waals surface area (Å²) in [6, 6.07) is 20.5. The van der Waals surface area contributed by atoms with Crippen molar-refractivity contribution in [2.24, 2.45) is 0 Å². The maximum absolute atomic E-state index is 12.5. The van der Waals surface area contributed by atoms with E-state index in [1.807, 2.05) is 36.4 Å². The minimum absolute atomic E-state index is 0.175. The van der Waals surface area contributed by atoms with Gasteiger partial charge in [0.25, 0.3) is 0 Å². The number of hydrogen-bond acceptors (Lipinski definition) is 1. The summed E-state index contributed by atoms with van der Waals surface area (Å²) >= 11 is 0.175. The van der Waals surface area contributed by atoms with E-state index in [9.17, 15) is 4.79 Å². The van der Waals surface area contributed by atoms with Gasteiger partial charge in [-0.3, -0.25) is 0 Å². The van der Waals surface area contributed by atoms with Crippen molar-refractivity contribution in [3.63, 3.8) is 0 Å². The molecular formula is C20H22OSe. The van der Waals surface area contributed by atoms with Crippen LogP contribution in [0.2, 0.25) is 4.31 Å². The van der Waals surface area contributed by atoms with Crippen molar-refractivity contribution in [1.82, 2.24) is 0 Å². The molecule has 0 N–H and O–H groups in total. The van der Waals surface area contributed by atoms with E-state index in [-0.39, 0.29) is 19.3 Å². The van der Waals surface area contributed by atoms with Gasteiger partial charge in [-0.1, -0.05) is 0 Å². The number of benzene rings is 2. The zero-order valence-electron chi connectivity index (χ0n) is 13.2. The fraction of sp³-hybridized carbons (Fsp3) is 0.250. The molecule has 0 saturated heterocycles. The molecule has 2 heteroatoms. The third-order valence-electron chi connectivity index (χ3n) is 3.44. The van der Waals surface area contributed by atoms with Crippen LogP contribution in [0.5, 0.6) is 0 Å². The van der Waals surface area contributed by atoms with Crippen molar-refractivity contribution >= 4 is 31.3 Å². The molecule has 0 spiro atoms. The van der Waals surface area contributed by atoms with Crippen LogP contribution in [0.1, 0.15) is 32.3 Å². The third kappa shape index (κ3) is 5.29. The van der Waals surface area contributed by atoms with E-state index in [1.165, 1.54) is 10.0 Å². The quantitative estimate of drug-likeness (QED) is 0.676. The van der Waals surface area contributed by atoms with E-state index in [1.54, 1.807) is 0 Å². The number of allylic oxidation sites excluding steroid dienone is 1. The third-order valence-corrected chi connectivity index (χ3v) is 6.05. The van der Waals surface area contributed by atoms with Gasteiger partial charge in [0, 0.05) is 0 Å². The van der Waals surface area contributed by atoms with E-state index in [4.69, 9.17) is 0 Å². The van der Waals surface area contributed by atoms with Crippen LogP contribution in [0.4, 0.5) is 0 Å². The second kappa shape index (κ2) is 8.12. The predicted molar refractivity (Wildman–Crippen MR) is 95.6 cm³/mol. The molecule has 1 nitrogen and oxygen atoms in total. The molecule has 0 heterocycles. The monoisotopic (exact) mass is 358 g/mol. The van der Waals surface area contributed by atoms with Gasteiger partial charge in [-0.05, 0) is 0 Å². The Kier molecular flexibility index (Phi) is 6.18. The van der Waals surface area contributed by atoms with Crippen LogP contribution in [0, 0.1) is 0 Å². The van der Waals surface area contributed by atoms with E-state index in [0.717, 1.165) is 6.42 Å². The van der Waals surface area contributed by atoms with Crippen molar-refractivity contribution in [2.75, 3.05) is 0 Å². The van der Waals surface area contributed by atoms with Gasteiger partial charge in [0.05, 0.1) is 0 Å². The second-order valence-electron chi connectivity index (χ2n) is 5.70. The summed E-state index contributed by atoms with van der Waals surface area (Å²) in [5, 5.41) is 0. The Balaban J connectivity index is 1.84. The van der Waals surface area contributed by atoms with Crippen LogP contribution >= 0.6 is 0 Å². The van der Waals surface area contributed by atoms with E-state index in [0.29, 0.717) is 12.2 Å². The van der Waals surface area contributed by atoms with Crippen molar-refractivity contribution in [2.45, 2.75) is 31.0 Å². The first-order valence-electron chi connectivity index (χ1n) is 7.57. The number of carbonyl (C=O) groups excluding carboxylic acids is 1. The first kappa shape index (κ1) is 16.7. The van der Waals surface area contributed by atoms with Crippen LogP contribution in [0.15, 0.2) is 66.7 Å². The summed E-state index contributed by atoms with van der Waals surface area (Å²) in [6.07, 6.45) is 5.61. The molecule has 0 bridgehead atoms. The fourth-order valence-electron chi connectivity index (χ4n) is 2.14. The molecule has 0 aliphatic rings. The molecule has 0 amide bonds. The Morgan fingerprint density at radius 2 is 1.59 bits per heavy atom. The van der Waals surface area contributed by atoms with E-state index in [2.05, 4.69) is 50.3 Å². The number of carbonyl (C=O) groups is 1. The summed E-state index contributed by atoms with van der Waals surface area (Å²) < 4.78 is 1.04. The molecule has 0 aliphatic carbocycles. The number of rotatable bonds is 7. The molecule has 2 aromatic carbocycles. The van der Waals surface area contributed by atoms with Crippen molar-refractivity contribution < 1.29 is 4.79 Å². The zero-order chi connectivity index (χ0) is 15.8. The molecule has 0 saturated carbocycles. The summed E-state index contributed by atoms with van der Waals surface area (Å²) in [4.78, 5) is 12.5. The van der Waals surface area contributed by atoms with E-state index >= 15 is 0 Å². The number of Topliss-reactive ketones (excluding diaryl/α,β-unsaturated/α-hetero) is 1. The van der Waals surface area contributed by atoms with Crippen LogP contribution in [-0.4, -0.2) is 20.7 Å². The Hall–Kier alpha value is -1.63. The van der Waals surface area contributed by atoms with Gasteiger partial charge in [0.2, 0.25) is 0 Å². The van der Waals surface area contributed by atoms with Gasteiger partial charge < -0.3 is 0 Å². The average Bonchev–Trinajstić information content (AvgIpc) is 2.53. The molecule has 2 aromatic rings. The number of ketones is 1. The Morgan fingerprint density at radius 3 is 2.23 bits per heavy atom. The molecular weight excluding hydrogens is 335 g/mol. The van der Waals surface area contributed by atoms with Gasteiger partial charge in [-0.15, -0.1) is 0 Å². The predicted octanol–water partition coefficient (Wildman–Crippen LogP) is 4.28. The Labute approximate surface area is 139 Å². The van der Waals surface area contributed by atoms with Crippen LogP contribution in [0.3, 0.4) is 0 Å². The molecule has 0 fully saturated rings. The fourth-order valence-corrected chi connectivity index (χ4v) is 4.44. The van der Waals surface area contributed by atoms with Crippen molar-refractivity contribution in [3.05, 3.63) is 72.3 Å². The normalized spacial score (nSPS) is 11.7. The molecule has 0 aliphatic heterocycles. The second-order valence-corrected chi connectivity index (χ2v) is 9.26. The van der Waals surface area contributed by atoms with Gasteiger partial charge >= 0.3 is 139 Å². The summed E-state index contributed by atoms with van der Waals surface area (Å²) in [5.41, 5.74) is 1.18. The average molecular weight is 357 g/mol. The van der Waals surface area contributed by atoms with Crippen LogP contribution in [0.25, 0.3) is 6.08 Å². The molecule has 0 radical (unpaired) electrons. The summed E-state index contributed by atoms with van der Waals surface area (Å²) in [7, 11) is 0. The SMILES string of the molecule is CC(C)([Se]c1ccccc1)C(=O)CC/C=C/c1ccccc1. The van der Waals surface area contributed by atoms with Gasteiger partial charge in [0.1, 0.15) is 0 Å². The molecule has 22 heavy (non-hydrogen) atoms. The molecule has 2 rings (SSSR count). The molecule has 114 valence electrons. The Bertz CT molecular complexity index is 615. The van der Waals surface area contributed by atoms with Gasteiger partial charge in [0.15, 0.2) is 0 Å². The minimum atomic E-state index is -0.241. The van der Waals surface area contributed by atoms with Gasteiger partial charge in [-0.2, -0.15) is 0 Å². The topological polar surface area (TPSA) is 17.1 Å². The first-order chi connectivity index (χ1) is 10.6. The van der Waals surface area contributed by atoms with Gasteiger partial charge in [-0.25, -0.2) is 0 Å². The van der Waals surface area contributed by atoms with Crippen LogP contribution in [-0.2, 0) is 4.79 Å².